The number of nitrogens with zero attached hydrogens (tertiary/aromatic N) is 2. The lowest BCUT2D eigenvalue weighted by Crippen LogP contribution is -2.20. The molecule has 0 radical (unpaired) electrons. The molecule has 0 atom stereocenters. The van der Waals surface area contributed by atoms with E-state index in [4.69, 9.17) is 0 Å². The Hall–Kier alpha value is -1.84. The van der Waals surface area contributed by atoms with Crippen molar-refractivity contribution in [3.05, 3.63) is 30.1 Å². The molecule has 0 aliphatic carbocycles. The minimum atomic E-state index is 0.765. The molecule has 1 aromatic heterocycles. The van der Waals surface area contributed by atoms with E-state index in [9.17, 15) is 0 Å². The van der Waals surface area contributed by atoms with Crippen LogP contribution < -0.4 is 5.32 Å². The van der Waals surface area contributed by atoms with Crippen molar-refractivity contribution in [3.63, 3.8) is 0 Å². The first-order valence-corrected chi connectivity index (χ1v) is 4.45. The van der Waals surface area contributed by atoms with Gasteiger partial charge in [0.1, 0.15) is 0 Å². The van der Waals surface area contributed by atoms with Gasteiger partial charge in [0.15, 0.2) is 11.7 Å². The lowest BCUT2D eigenvalue weighted by Gasteiger charge is -1.98. The van der Waals surface area contributed by atoms with Gasteiger partial charge in [-0.15, -0.1) is 0 Å². The molecule has 4 nitrogen and oxygen atoms in total. The molecule has 0 bridgehead atoms. The number of aromatic amines is 1. The number of nitrogens with one attached hydrogen (secondary N) is 2. The summed E-state index contributed by atoms with van der Waals surface area (Å²) in [5, 5.41) is 2.99. The lowest BCUT2D eigenvalue weighted by molar-refractivity contribution is 1.10. The third kappa shape index (κ3) is 1.35. The van der Waals surface area contributed by atoms with Crippen molar-refractivity contribution in [2.75, 3.05) is 14.1 Å². The van der Waals surface area contributed by atoms with Gasteiger partial charge in [-0.25, -0.2) is 4.98 Å². The molecule has 1 heterocycles. The number of imidazole rings is 1. The normalized spacial score (nSPS) is 12.0. The highest BCUT2D eigenvalue weighted by Gasteiger charge is 2.05. The Morgan fingerprint density at radius 2 is 2.21 bits per heavy atom. The highest BCUT2D eigenvalue weighted by atomic mass is 15.0. The van der Waals surface area contributed by atoms with Crippen molar-refractivity contribution in [1.29, 1.82) is 0 Å². The van der Waals surface area contributed by atoms with Gasteiger partial charge >= 0.3 is 0 Å². The van der Waals surface area contributed by atoms with Gasteiger partial charge in [0.05, 0.1) is 11.0 Å². The van der Waals surface area contributed by atoms with E-state index in [0.29, 0.717) is 0 Å². The van der Waals surface area contributed by atoms with E-state index in [1.165, 1.54) is 0 Å². The number of para-hydroxylation sites is 2. The van der Waals surface area contributed by atoms with Gasteiger partial charge in [-0.2, -0.15) is 0 Å². The molecule has 0 aliphatic rings. The molecule has 2 rings (SSSR count). The topological polar surface area (TPSA) is 53.1 Å². The van der Waals surface area contributed by atoms with Crippen LogP contribution in [0.25, 0.3) is 11.0 Å². The van der Waals surface area contributed by atoms with Gasteiger partial charge in [-0.1, -0.05) is 12.1 Å². The minimum Gasteiger partial charge on any atom is -0.370 e. The summed E-state index contributed by atoms with van der Waals surface area (Å²) in [6.45, 7) is 0. The van der Waals surface area contributed by atoms with Crippen LogP contribution in [-0.4, -0.2) is 29.9 Å². The Labute approximate surface area is 82.1 Å². The van der Waals surface area contributed by atoms with Crippen molar-refractivity contribution in [2.24, 2.45) is 4.99 Å². The second-order valence-corrected chi connectivity index (χ2v) is 2.92. The predicted octanol–water partition coefficient (Wildman–Crippen LogP) is 1.16. The third-order valence-electron chi connectivity index (χ3n) is 2.07. The fourth-order valence-corrected chi connectivity index (χ4v) is 1.40. The number of hydrogen-bond donors (Lipinski definition) is 2. The Balaban J connectivity index is 2.55. The quantitative estimate of drug-likeness (QED) is 0.521. The van der Waals surface area contributed by atoms with Crippen LogP contribution in [0.1, 0.15) is 5.82 Å². The molecule has 0 spiro atoms. The number of rotatable bonds is 1. The van der Waals surface area contributed by atoms with Gasteiger partial charge in [0.2, 0.25) is 0 Å². The van der Waals surface area contributed by atoms with Gasteiger partial charge in [-0.3, -0.25) is 4.99 Å². The first kappa shape index (κ1) is 8.74. The van der Waals surface area contributed by atoms with Crippen LogP contribution in [0.2, 0.25) is 0 Å². The van der Waals surface area contributed by atoms with Gasteiger partial charge in [0, 0.05) is 14.1 Å². The number of hydrogen-bond acceptors (Lipinski definition) is 2. The molecule has 1 aromatic carbocycles. The van der Waals surface area contributed by atoms with Crippen LogP contribution >= 0.6 is 0 Å². The Morgan fingerprint density at radius 3 is 2.86 bits per heavy atom. The van der Waals surface area contributed by atoms with Crippen molar-refractivity contribution >= 4 is 16.9 Å². The van der Waals surface area contributed by atoms with Crippen molar-refractivity contribution in [3.8, 4) is 0 Å². The molecule has 0 saturated heterocycles. The van der Waals surface area contributed by atoms with Crippen molar-refractivity contribution in [2.45, 2.75) is 0 Å². The molecule has 0 fully saturated rings. The van der Waals surface area contributed by atoms with Crippen molar-refractivity contribution in [1.82, 2.24) is 15.3 Å². The van der Waals surface area contributed by atoms with E-state index >= 15 is 0 Å². The van der Waals surface area contributed by atoms with Crippen LogP contribution in [0.5, 0.6) is 0 Å². The fraction of sp³-hybridized carbons (Fsp3) is 0.200. The molecule has 2 aromatic rings. The van der Waals surface area contributed by atoms with E-state index in [1.54, 1.807) is 7.05 Å². The maximum absolute atomic E-state index is 4.41. The van der Waals surface area contributed by atoms with Crippen LogP contribution in [-0.2, 0) is 0 Å². The molecule has 14 heavy (non-hydrogen) atoms. The Kier molecular flexibility index (Phi) is 2.18. The second kappa shape index (κ2) is 3.49. The van der Waals surface area contributed by atoms with Gasteiger partial charge < -0.3 is 10.3 Å². The summed E-state index contributed by atoms with van der Waals surface area (Å²) in [5.41, 5.74) is 1.98. The summed E-state index contributed by atoms with van der Waals surface area (Å²) < 4.78 is 0. The summed E-state index contributed by atoms with van der Waals surface area (Å²) in [7, 11) is 3.56. The standard InChI is InChI=1S/C10H12N4/c1-11-9(12-2)10-13-7-5-3-4-6-8(7)14-10/h3-6H,1-2H3,(H,11,12)(H,13,14). The molecular weight excluding hydrogens is 176 g/mol. The highest BCUT2D eigenvalue weighted by molar-refractivity contribution is 5.97. The van der Waals surface area contributed by atoms with Crippen LogP contribution in [0.3, 0.4) is 0 Å². The fourth-order valence-electron chi connectivity index (χ4n) is 1.40. The largest absolute Gasteiger partial charge is 0.370 e. The summed E-state index contributed by atoms with van der Waals surface area (Å²) >= 11 is 0. The molecule has 0 amide bonds. The summed E-state index contributed by atoms with van der Waals surface area (Å²) in [4.78, 5) is 11.7. The number of H-pyrrole nitrogens is 1. The first-order chi connectivity index (χ1) is 6.85. The average molecular weight is 188 g/mol. The molecule has 0 aliphatic heterocycles. The monoisotopic (exact) mass is 188 g/mol. The van der Waals surface area contributed by atoms with E-state index < -0.39 is 0 Å². The summed E-state index contributed by atoms with van der Waals surface area (Å²) in [5.74, 6) is 1.54. The van der Waals surface area contributed by atoms with Crippen LogP contribution in [0.15, 0.2) is 29.3 Å². The van der Waals surface area contributed by atoms with Crippen molar-refractivity contribution < 1.29 is 0 Å². The van der Waals surface area contributed by atoms with Gasteiger partial charge in [-0.05, 0) is 12.1 Å². The van der Waals surface area contributed by atoms with E-state index in [2.05, 4.69) is 20.3 Å². The number of amidine groups is 1. The molecule has 0 unspecified atom stereocenters. The zero-order valence-corrected chi connectivity index (χ0v) is 8.20. The van der Waals surface area contributed by atoms with E-state index in [0.717, 1.165) is 22.7 Å². The molecule has 2 N–H and O–H groups in total. The smallest absolute Gasteiger partial charge is 0.173 e. The minimum absolute atomic E-state index is 0.765. The number of aromatic nitrogens is 2. The number of fused-ring (bicyclic) bond motifs is 1. The number of benzene rings is 1. The first-order valence-electron chi connectivity index (χ1n) is 4.45. The van der Waals surface area contributed by atoms with E-state index in [-0.39, 0.29) is 0 Å². The SMILES string of the molecule is CN=C(NC)c1nc2ccccc2[nH]1. The lowest BCUT2D eigenvalue weighted by atomic mass is 10.3. The zero-order chi connectivity index (χ0) is 9.97. The van der Waals surface area contributed by atoms with Gasteiger partial charge in [0.25, 0.3) is 0 Å². The highest BCUT2D eigenvalue weighted by Crippen LogP contribution is 2.09. The summed E-state index contributed by atoms with van der Waals surface area (Å²) in [6, 6.07) is 7.91. The van der Waals surface area contributed by atoms with Crippen LogP contribution in [0.4, 0.5) is 0 Å². The Morgan fingerprint density at radius 1 is 1.43 bits per heavy atom. The predicted molar refractivity (Wildman–Crippen MR) is 57.6 cm³/mol. The Bertz CT molecular complexity index is 437. The summed E-state index contributed by atoms with van der Waals surface area (Å²) in [6.07, 6.45) is 0. The zero-order valence-electron chi connectivity index (χ0n) is 8.20. The maximum atomic E-state index is 4.41. The molecule has 4 heteroatoms. The van der Waals surface area contributed by atoms with E-state index in [1.807, 2.05) is 31.3 Å². The molecule has 0 saturated carbocycles. The third-order valence-corrected chi connectivity index (χ3v) is 2.07. The maximum Gasteiger partial charge on any atom is 0.173 e. The molecule has 72 valence electrons. The molecular formula is C10H12N4. The second-order valence-electron chi connectivity index (χ2n) is 2.92. The number of aliphatic imine (C=N–C) groups is 1. The van der Waals surface area contributed by atoms with Crippen LogP contribution in [0, 0.1) is 0 Å². The average Bonchev–Trinajstić information content (AvgIpc) is 2.63.